The molecule has 0 unspecified atom stereocenters. The van der Waals surface area contributed by atoms with Crippen LogP contribution in [0.1, 0.15) is 11.1 Å². The number of benzene rings is 3. The largest absolute Gasteiger partial charge is 0.489 e. The summed E-state index contributed by atoms with van der Waals surface area (Å²) >= 11 is 9.58. The van der Waals surface area contributed by atoms with Gasteiger partial charge < -0.3 is 10.1 Å². The second kappa shape index (κ2) is 9.02. The minimum Gasteiger partial charge on any atom is -0.489 e. The Hall–Kier alpha value is -2.37. The number of nitrogens with one attached hydrogen (secondary N) is 1. The molecule has 3 aromatic carbocycles. The molecule has 0 heterocycles. The fourth-order valence-corrected chi connectivity index (χ4v) is 3.15. The minimum atomic E-state index is -0.305. The van der Waals surface area contributed by atoms with Gasteiger partial charge in [-0.25, -0.2) is 4.39 Å². The van der Waals surface area contributed by atoms with Crippen LogP contribution in [0.4, 0.5) is 10.1 Å². The molecule has 0 atom stereocenters. The molecule has 0 aromatic heterocycles. The van der Waals surface area contributed by atoms with Crippen LogP contribution < -0.4 is 10.1 Å². The molecular formula is C21H16BrClFNO2. The molecule has 1 N–H and O–H groups in total. The topological polar surface area (TPSA) is 38.3 Å². The molecule has 0 aliphatic heterocycles. The summed E-state index contributed by atoms with van der Waals surface area (Å²) in [5.41, 5.74) is 2.35. The summed E-state index contributed by atoms with van der Waals surface area (Å²) in [5, 5.41) is 3.43. The Labute approximate surface area is 170 Å². The maximum Gasteiger partial charge on any atom is 0.228 e. The lowest BCUT2D eigenvalue weighted by atomic mass is 10.1. The lowest BCUT2D eigenvalue weighted by Gasteiger charge is -2.11. The lowest BCUT2D eigenvalue weighted by molar-refractivity contribution is -0.115. The third-order valence-electron chi connectivity index (χ3n) is 3.85. The number of carbonyl (C=O) groups excluding carboxylic acids is 1. The third-order valence-corrected chi connectivity index (χ3v) is 4.96. The normalized spacial score (nSPS) is 10.5. The van der Waals surface area contributed by atoms with Crippen molar-refractivity contribution in [1.82, 2.24) is 0 Å². The predicted octanol–water partition coefficient (Wildman–Crippen LogP) is 6.00. The van der Waals surface area contributed by atoms with Crippen molar-refractivity contribution in [2.24, 2.45) is 0 Å². The highest BCUT2D eigenvalue weighted by molar-refractivity contribution is 9.10. The number of carbonyl (C=O) groups is 1. The Morgan fingerprint density at radius 3 is 2.48 bits per heavy atom. The van der Waals surface area contributed by atoms with E-state index in [-0.39, 0.29) is 18.1 Å². The Morgan fingerprint density at radius 2 is 1.78 bits per heavy atom. The van der Waals surface area contributed by atoms with Crippen LogP contribution in [0.5, 0.6) is 5.75 Å². The number of halogens is 3. The van der Waals surface area contributed by atoms with E-state index in [4.69, 9.17) is 16.3 Å². The molecule has 3 nitrogen and oxygen atoms in total. The highest BCUT2D eigenvalue weighted by Crippen LogP contribution is 2.24. The van der Waals surface area contributed by atoms with Gasteiger partial charge >= 0.3 is 0 Å². The summed E-state index contributed by atoms with van der Waals surface area (Å²) in [4.78, 5) is 12.2. The lowest BCUT2D eigenvalue weighted by Crippen LogP contribution is -2.14. The maximum atomic E-state index is 12.9. The Balaban J connectivity index is 1.59. The molecule has 0 aliphatic rings. The second-order valence-corrected chi connectivity index (χ2v) is 7.13. The third kappa shape index (κ3) is 5.55. The van der Waals surface area contributed by atoms with E-state index in [1.165, 1.54) is 12.1 Å². The highest BCUT2D eigenvalue weighted by atomic mass is 79.9. The van der Waals surface area contributed by atoms with Crippen LogP contribution in [0.25, 0.3) is 0 Å². The van der Waals surface area contributed by atoms with Crippen molar-refractivity contribution in [3.8, 4) is 5.75 Å². The molecule has 138 valence electrons. The number of amides is 1. The van der Waals surface area contributed by atoms with Crippen molar-refractivity contribution in [2.75, 3.05) is 5.32 Å². The van der Waals surface area contributed by atoms with Crippen LogP contribution >= 0.6 is 27.5 Å². The summed E-state index contributed by atoms with van der Waals surface area (Å²) in [5.74, 6) is 0.131. The van der Waals surface area contributed by atoms with E-state index >= 15 is 0 Å². The monoisotopic (exact) mass is 447 g/mol. The van der Waals surface area contributed by atoms with Gasteiger partial charge in [0.05, 0.1) is 6.42 Å². The SMILES string of the molecule is O=C(Cc1ccccc1Cl)Nc1ccc(COc2ccc(F)cc2)c(Br)c1. The van der Waals surface area contributed by atoms with E-state index in [9.17, 15) is 9.18 Å². The van der Waals surface area contributed by atoms with Gasteiger partial charge in [0.1, 0.15) is 18.2 Å². The molecule has 0 spiro atoms. The van der Waals surface area contributed by atoms with E-state index in [2.05, 4.69) is 21.2 Å². The predicted molar refractivity (Wildman–Crippen MR) is 109 cm³/mol. The molecule has 0 bridgehead atoms. The summed E-state index contributed by atoms with van der Waals surface area (Å²) in [6.07, 6.45) is 0.201. The smallest absolute Gasteiger partial charge is 0.228 e. The van der Waals surface area contributed by atoms with Crippen LogP contribution in [0.2, 0.25) is 5.02 Å². The standard InChI is InChI=1S/C21H16BrClFNO2/c22-19-12-17(25-21(26)11-14-3-1-2-4-20(14)23)8-5-15(19)13-27-18-9-6-16(24)7-10-18/h1-10,12H,11,13H2,(H,25,26). The molecule has 3 rings (SSSR count). The van der Waals surface area contributed by atoms with Gasteiger partial charge in [0.2, 0.25) is 5.91 Å². The molecule has 0 aliphatic carbocycles. The van der Waals surface area contributed by atoms with E-state index in [1.54, 1.807) is 24.3 Å². The molecule has 3 aromatic rings. The molecule has 27 heavy (non-hydrogen) atoms. The van der Waals surface area contributed by atoms with E-state index < -0.39 is 0 Å². The minimum absolute atomic E-state index is 0.148. The molecule has 0 saturated heterocycles. The average molecular weight is 449 g/mol. The summed E-state index contributed by atoms with van der Waals surface area (Å²) < 4.78 is 19.4. The van der Waals surface area contributed by atoms with Gasteiger partial charge in [0.25, 0.3) is 0 Å². The molecule has 0 fully saturated rings. The zero-order chi connectivity index (χ0) is 19.2. The van der Waals surface area contributed by atoms with Gasteiger partial charge in [-0.05, 0) is 48.0 Å². The van der Waals surface area contributed by atoms with E-state index in [0.717, 1.165) is 15.6 Å². The average Bonchev–Trinajstić information content (AvgIpc) is 2.64. The quantitative estimate of drug-likeness (QED) is 0.502. The zero-order valence-corrected chi connectivity index (χ0v) is 16.6. The van der Waals surface area contributed by atoms with Gasteiger partial charge in [-0.15, -0.1) is 0 Å². The number of anilines is 1. The van der Waals surface area contributed by atoms with Gasteiger partial charge in [0, 0.05) is 20.7 Å². The molecule has 0 radical (unpaired) electrons. The first-order chi connectivity index (χ1) is 13.0. The first-order valence-corrected chi connectivity index (χ1v) is 9.38. The van der Waals surface area contributed by atoms with Gasteiger partial charge in [-0.2, -0.15) is 0 Å². The van der Waals surface area contributed by atoms with Crippen molar-refractivity contribution >= 4 is 39.1 Å². The first kappa shape index (κ1) is 19.4. The van der Waals surface area contributed by atoms with Crippen molar-refractivity contribution in [3.63, 3.8) is 0 Å². The Bertz CT molecular complexity index is 947. The maximum absolute atomic E-state index is 12.9. The van der Waals surface area contributed by atoms with Crippen molar-refractivity contribution in [3.05, 3.63) is 93.2 Å². The second-order valence-electron chi connectivity index (χ2n) is 5.87. The Kier molecular flexibility index (Phi) is 6.48. The summed E-state index contributed by atoms with van der Waals surface area (Å²) in [6.45, 7) is 0.320. The molecular weight excluding hydrogens is 433 g/mol. The van der Waals surface area contributed by atoms with Gasteiger partial charge in [-0.3, -0.25) is 4.79 Å². The van der Waals surface area contributed by atoms with Crippen LogP contribution in [-0.4, -0.2) is 5.91 Å². The van der Waals surface area contributed by atoms with Crippen LogP contribution in [-0.2, 0) is 17.8 Å². The van der Waals surface area contributed by atoms with Crippen LogP contribution in [0, 0.1) is 5.82 Å². The Morgan fingerprint density at radius 1 is 1.04 bits per heavy atom. The molecule has 6 heteroatoms. The molecule has 0 saturated carbocycles. The first-order valence-electron chi connectivity index (χ1n) is 8.21. The fraction of sp³-hybridized carbons (Fsp3) is 0.0952. The van der Waals surface area contributed by atoms with Crippen LogP contribution in [0.3, 0.4) is 0 Å². The number of rotatable bonds is 6. The van der Waals surface area contributed by atoms with Crippen molar-refractivity contribution < 1.29 is 13.9 Å². The highest BCUT2D eigenvalue weighted by Gasteiger charge is 2.09. The summed E-state index contributed by atoms with van der Waals surface area (Å²) in [7, 11) is 0. The van der Waals surface area contributed by atoms with Crippen LogP contribution in [0.15, 0.2) is 71.2 Å². The zero-order valence-electron chi connectivity index (χ0n) is 14.2. The number of hydrogen-bond acceptors (Lipinski definition) is 2. The number of ether oxygens (including phenoxy) is 1. The van der Waals surface area contributed by atoms with E-state index in [1.807, 2.05) is 30.3 Å². The van der Waals surface area contributed by atoms with Gasteiger partial charge in [0.15, 0.2) is 0 Å². The van der Waals surface area contributed by atoms with E-state index in [0.29, 0.717) is 23.1 Å². The fourth-order valence-electron chi connectivity index (χ4n) is 2.45. The van der Waals surface area contributed by atoms with Gasteiger partial charge in [-0.1, -0.05) is 51.8 Å². The molecule has 1 amide bonds. The number of hydrogen-bond donors (Lipinski definition) is 1. The summed E-state index contributed by atoms with van der Waals surface area (Å²) in [6, 6.07) is 18.6. The van der Waals surface area contributed by atoms with Crippen molar-refractivity contribution in [2.45, 2.75) is 13.0 Å². The van der Waals surface area contributed by atoms with Crippen molar-refractivity contribution in [1.29, 1.82) is 0 Å².